The molecular formula is C8H12O. The van der Waals surface area contributed by atoms with Gasteiger partial charge in [-0.1, -0.05) is 12.7 Å². The van der Waals surface area contributed by atoms with Gasteiger partial charge in [-0.15, -0.1) is 0 Å². The normalized spacial score (nSPS) is 17.1. The molecule has 9 heavy (non-hydrogen) atoms. The lowest BCUT2D eigenvalue weighted by Gasteiger charge is -2.00. The van der Waals surface area contributed by atoms with Gasteiger partial charge in [0, 0.05) is 6.42 Å². The predicted molar refractivity (Wildman–Crippen MR) is 38.1 cm³/mol. The molecule has 0 aromatic rings. The lowest BCUT2D eigenvalue weighted by Crippen LogP contribution is -1.87. The van der Waals surface area contributed by atoms with Gasteiger partial charge >= 0.3 is 0 Å². The summed E-state index contributed by atoms with van der Waals surface area (Å²) in [6, 6.07) is 0. The zero-order valence-electron chi connectivity index (χ0n) is 5.60. The van der Waals surface area contributed by atoms with Crippen LogP contribution in [0.5, 0.6) is 0 Å². The number of ether oxygens (including phenoxy) is 1. The lowest BCUT2D eigenvalue weighted by molar-refractivity contribution is 0.241. The van der Waals surface area contributed by atoms with Crippen LogP contribution in [0.15, 0.2) is 24.5 Å². The average molecular weight is 124 g/mol. The van der Waals surface area contributed by atoms with Gasteiger partial charge in [0.1, 0.15) is 6.61 Å². The summed E-state index contributed by atoms with van der Waals surface area (Å²) in [5.74, 6) is 1.15. The summed E-state index contributed by atoms with van der Waals surface area (Å²) in [6.45, 7) is 4.23. The molecule has 1 aliphatic carbocycles. The van der Waals surface area contributed by atoms with Crippen LogP contribution in [-0.4, -0.2) is 6.61 Å². The van der Waals surface area contributed by atoms with Gasteiger partial charge in [-0.3, -0.25) is 0 Å². The van der Waals surface area contributed by atoms with Gasteiger partial charge in [0.2, 0.25) is 0 Å². The van der Waals surface area contributed by atoms with Crippen LogP contribution >= 0.6 is 0 Å². The highest BCUT2D eigenvalue weighted by Gasteiger charge is 2.02. The fraction of sp³-hybridized carbons (Fsp3) is 0.500. The van der Waals surface area contributed by atoms with Crippen molar-refractivity contribution in [3.8, 4) is 0 Å². The molecule has 0 aromatic heterocycles. The van der Waals surface area contributed by atoms with E-state index < -0.39 is 0 Å². The number of rotatable bonds is 3. The first-order valence-corrected chi connectivity index (χ1v) is 3.36. The van der Waals surface area contributed by atoms with Gasteiger partial charge in [0.05, 0.1) is 5.76 Å². The summed E-state index contributed by atoms with van der Waals surface area (Å²) in [5.41, 5.74) is 0. The highest BCUT2D eigenvalue weighted by atomic mass is 16.5. The third-order valence-corrected chi connectivity index (χ3v) is 1.39. The predicted octanol–water partition coefficient (Wildman–Crippen LogP) is 2.26. The molecule has 0 unspecified atom stereocenters. The maximum Gasteiger partial charge on any atom is 0.106 e. The van der Waals surface area contributed by atoms with Gasteiger partial charge in [-0.05, 0) is 18.9 Å². The first kappa shape index (κ1) is 6.40. The van der Waals surface area contributed by atoms with Crippen molar-refractivity contribution in [1.29, 1.82) is 0 Å². The molecule has 1 aliphatic rings. The Kier molecular flexibility index (Phi) is 2.37. The van der Waals surface area contributed by atoms with E-state index in [1.807, 2.05) is 0 Å². The van der Waals surface area contributed by atoms with Crippen molar-refractivity contribution >= 4 is 0 Å². The van der Waals surface area contributed by atoms with Gasteiger partial charge in [0.25, 0.3) is 0 Å². The van der Waals surface area contributed by atoms with E-state index in [1.54, 1.807) is 6.08 Å². The maximum absolute atomic E-state index is 5.30. The Labute approximate surface area is 56.0 Å². The smallest absolute Gasteiger partial charge is 0.106 e. The minimum Gasteiger partial charge on any atom is -0.494 e. The topological polar surface area (TPSA) is 9.23 Å². The zero-order chi connectivity index (χ0) is 6.53. The van der Waals surface area contributed by atoms with Crippen LogP contribution in [0.25, 0.3) is 0 Å². The van der Waals surface area contributed by atoms with Crippen LogP contribution in [0.1, 0.15) is 19.3 Å². The van der Waals surface area contributed by atoms with Crippen LogP contribution in [-0.2, 0) is 4.74 Å². The number of allylic oxidation sites excluding steroid dienone is 2. The molecule has 0 aliphatic heterocycles. The molecule has 0 saturated heterocycles. The molecule has 50 valence electrons. The van der Waals surface area contributed by atoms with Crippen molar-refractivity contribution in [1.82, 2.24) is 0 Å². The third kappa shape index (κ3) is 1.92. The molecule has 0 atom stereocenters. The Morgan fingerprint density at radius 3 is 3.22 bits per heavy atom. The van der Waals surface area contributed by atoms with E-state index in [0.29, 0.717) is 6.61 Å². The Morgan fingerprint density at radius 2 is 2.67 bits per heavy atom. The molecule has 0 spiro atoms. The first-order chi connectivity index (χ1) is 4.43. The molecule has 0 heterocycles. The minimum absolute atomic E-state index is 0.659. The second-order valence-corrected chi connectivity index (χ2v) is 2.16. The third-order valence-electron chi connectivity index (χ3n) is 1.39. The van der Waals surface area contributed by atoms with E-state index >= 15 is 0 Å². The van der Waals surface area contributed by atoms with E-state index in [0.717, 1.165) is 12.2 Å². The van der Waals surface area contributed by atoms with Crippen LogP contribution in [0, 0.1) is 0 Å². The maximum atomic E-state index is 5.30. The highest BCUT2D eigenvalue weighted by molar-refractivity contribution is 4.99. The summed E-state index contributed by atoms with van der Waals surface area (Å²) < 4.78 is 5.30. The molecule has 0 radical (unpaired) electrons. The van der Waals surface area contributed by atoms with E-state index in [-0.39, 0.29) is 0 Å². The van der Waals surface area contributed by atoms with Crippen molar-refractivity contribution in [2.75, 3.05) is 6.61 Å². The summed E-state index contributed by atoms with van der Waals surface area (Å²) in [5, 5.41) is 0. The SMILES string of the molecule is C=CCOC1=CCCC1. The second-order valence-electron chi connectivity index (χ2n) is 2.16. The molecule has 0 bridgehead atoms. The van der Waals surface area contributed by atoms with E-state index in [4.69, 9.17) is 4.74 Å². The lowest BCUT2D eigenvalue weighted by atomic mass is 10.4. The monoisotopic (exact) mass is 124 g/mol. The Bertz CT molecular complexity index is 125. The Hall–Kier alpha value is -0.720. The quantitative estimate of drug-likeness (QED) is 0.524. The summed E-state index contributed by atoms with van der Waals surface area (Å²) >= 11 is 0. The standard InChI is InChI=1S/C8H12O/c1-2-7-9-8-5-3-4-6-8/h2,5H,1,3-4,6-7H2. The Balaban J connectivity index is 2.18. The van der Waals surface area contributed by atoms with Crippen molar-refractivity contribution in [2.45, 2.75) is 19.3 Å². The van der Waals surface area contributed by atoms with Crippen molar-refractivity contribution in [2.24, 2.45) is 0 Å². The van der Waals surface area contributed by atoms with Crippen LogP contribution in [0.2, 0.25) is 0 Å². The van der Waals surface area contributed by atoms with Gasteiger partial charge in [-0.2, -0.15) is 0 Å². The first-order valence-electron chi connectivity index (χ1n) is 3.36. The largest absolute Gasteiger partial charge is 0.494 e. The second kappa shape index (κ2) is 3.33. The summed E-state index contributed by atoms with van der Waals surface area (Å²) in [7, 11) is 0. The van der Waals surface area contributed by atoms with Crippen LogP contribution in [0.4, 0.5) is 0 Å². The molecule has 1 rings (SSSR count). The van der Waals surface area contributed by atoms with E-state index in [2.05, 4.69) is 12.7 Å². The molecule has 1 heteroatoms. The zero-order valence-corrected chi connectivity index (χ0v) is 5.60. The molecule has 1 nitrogen and oxygen atoms in total. The minimum atomic E-state index is 0.659. The highest BCUT2D eigenvalue weighted by Crippen LogP contribution is 2.17. The fourth-order valence-corrected chi connectivity index (χ4v) is 0.938. The van der Waals surface area contributed by atoms with Gasteiger partial charge in [0.15, 0.2) is 0 Å². The molecule has 0 fully saturated rings. The summed E-state index contributed by atoms with van der Waals surface area (Å²) in [4.78, 5) is 0. The molecular weight excluding hydrogens is 112 g/mol. The Morgan fingerprint density at radius 1 is 1.78 bits per heavy atom. The molecule has 0 N–H and O–H groups in total. The van der Waals surface area contributed by atoms with Gasteiger partial charge < -0.3 is 4.74 Å². The molecule has 0 saturated carbocycles. The van der Waals surface area contributed by atoms with E-state index in [1.165, 1.54) is 12.8 Å². The average Bonchev–Trinajstić information content (AvgIpc) is 2.34. The van der Waals surface area contributed by atoms with Crippen LogP contribution < -0.4 is 0 Å². The number of hydrogen-bond acceptors (Lipinski definition) is 1. The summed E-state index contributed by atoms with van der Waals surface area (Å²) in [6.07, 6.45) is 7.50. The molecule has 0 amide bonds. The van der Waals surface area contributed by atoms with Crippen molar-refractivity contribution in [3.05, 3.63) is 24.5 Å². The van der Waals surface area contributed by atoms with E-state index in [9.17, 15) is 0 Å². The fourth-order valence-electron chi connectivity index (χ4n) is 0.938. The number of hydrogen-bond donors (Lipinski definition) is 0. The van der Waals surface area contributed by atoms with Crippen molar-refractivity contribution in [3.63, 3.8) is 0 Å². The molecule has 0 aromatic carbocycles. The van der Waals surface area contributed by atoms with Gasteiger partial charge in [-0.25, -0.2) is 0 Å². The van der Waals surface area contributed by atoms with Crippen LogP contribution in [0.3, 0.4) is 0 Å². The van der Waals surface area contributed by atoms with Crippen molar-refractivity contribution < 1.29 is 4.74 Å².